The van der Waals surface area contributed by atoms with Gasteiger partial charge >= 0.3 is 0 Å². The summed E-state index contributed by atoms with van der Waals surface area (Å²) in [7, 11) is 1.56. The van der Waals surface area contributed by atoms with Crippen molar-refractivity contribution < 1.29 is 14.2 Å². The first-order valence-corrected chi connectivity index (χ1v) is 5.13. The molecule has 1 N–H and O–H groups in total. The summed E-state index contributed by atoms with van der Waals surface area (Å²) in [6, 6.07) is 4.78. The molecule has 84 valence electrons. The highest BCUT2D eigenvalue weighted by molar-refractivity contribution is 6.30. The molecule has 0 aliphatic rings. The highest BCUT2D eigenvalue weighted by Crippen LogP contribution is 2.19. The fourth-order valence-electron chi connectivity index (χ4n) is 1.32. The average molecular weight is 233 g/mol. The summed E-state index contributed by atoms with van der Waals surface area (Å²) in [6.45, 7) is 0.462. The second-order valence-corrected chi connectivity index (χ2v) is 3.76. The maximum atomic E-state index is 13.4. The quantitative estimate of drug-likeness (QED) is 0.845. The molecule has 1 rings (SSSR count). The zero-order valence-corrected chi connectivity index (χ0v) is 9.30. The van der Waals surface area contributed by atoms with Crippen molar-refractivity contribution in [1.29, 1.82) is 0 Å². The Labute approximate surface area is 93.6 Å². The first kappa shape index (κ1) is 12.4. The van der Waals surface area contributed by atoms with E-state index in [2.05, 4.69) is 0 Å². The average Bonchev–Trinajstić information content (AvgIpc) is 2.22. The Balaban J connectivity index is 2.60. The molecule has 0 saturated carbocycles. The smallest absolute Gasteiger partial charge is 0.145 e. The molecule has 1 unspecified atom stereocenters. The maximum absolute atomic E-state index is 13.4. The molecule has 0 bridgehead atoms. The van der Waals surface area contributed by atoms with E-state index in [0.29, 0.717) is 18.6 Å². The molecule has 0 aliphatic carbocycles. The molecule has 15 heavy (non-hydrogen) atoms. The predicted octanol–water partition coefficient (Wildman–Crippen LogP) is 2.42. The normalized spacial score (nSPS) is 12.8. The molecule has 2 nitrogen and oxygen atoms in total. The van der Waals surface area contributed by atoms with Crippen molar-refractivity contribution in [1.82, 2.24) is 0 Å². The number of hydrogen-bond donors (Lipinski definition) is 1. The highest BCUT2D eigenvalue weighted by atomic mass is 35.5. The van der Waals surface area contributed by atoms with E-state index < -0.39 is 11.9 Å². The predicted molar refractivity (Wildman–Crippen MR) is 57.6 cm³/mol. The molecule has 0 saturated heterocycles. The lowest BCUT2D eigenvalue weighted by Gasteiger charge is -2.10. The van der Waals surface area contributed by atoms with Crippen LogP contribution in [0.5, 0.6) is 0 Å². The summed E-state index contributed by atoms with van der Waals surface area (Å²) in [5, 5.41) is 9.65. The van der Waals surface area contributed by atoms with Crippen molar-refractivity contribution in [3.8, 4) is 0 Å². The Morgan fingerprint density at radius 3 is 2.93 bits per heavy atom. The molecule has 1 atom stereocenters. The number of halogens is 2. The van der Waals surface area contributed by atoms with Crippen molar-refractivity contribution in [2.24, 2.45) is 0 Å². The molecule has 0 fully saturated rings. The van der Waals surface area contributed by atoms with Gasteiger partial charge in [0, 0.05) is 20.1 Å². The molecule has 1 aromatic rings. The van der Waals surface area contributed by atoms with Gasteiger partial charge in [-0.3, -0.25) is 0 Å². The van der Waals surface area contributed by atoms with Gasteiger partial charge in [0.05, 0.1) is 11.1 Å². The zero-order valence-electron chi connectivity index (χ0n) is 8.54. The molecule has 0 radical (unpaired) electrons. The van der Waals surface area contributed by atoms with Crippen molar-refractivity contribution in [3.05, 3.63) is 34.6 Å². The van der Waals surface area contributed by atoms with Gasteiger partial charge in [0.15, 0.2) is 0 Å². The fraction of sp³-hybridized carbons (Fsp3) is 0.455. The van der Waals surface area contributed by atoms with E-state index in [1.54, 1.807) is 19.2 Å². The first-order chi connectivity index (χ1) is 7.15. The van der Waals surface area contributed by atoms with Crippen LogP contribution in [0.15, 0.2) is 18.2 Å². The van der Waals surface area contributed by atoms with Gasteiger partial charge in [0.1, 0.15) is 5.82 Å². The molecule has 1 aromatic carbocycles. The van der Waals surface area contributed by atoms with E-state index in [1.165, 1.54) is 6.07 Å². The minimum atomic E-state index is -0.599. The largest absolute Gasteiger partial charge is 0.393 e. The lowest BCUT2D eigenvalue weighted by Crippen LogP contribution is -2.14. The minimum absolute atomic E-state index is 0.0893. The number of hydrogen-bond acceptors (Lipinski definition) is 2. The molecule has 0 aromatic heterocycles. The van der Waals surface area contributed by atoms with E-state index in [9.17, 15) is 9.50 Å². The Bertz CT molecular complexity index is 317. The Morgan fingerprint density at radius 2 is 2.27 bits per heavy atom. The van der Waals surface area contributed by atoms with E-state index >= 15 is 0 Å². The van der Waals surface area contributed by atoms with Gasteiger partial charge in [-0.1, -0.05) is 23.7 Å². The Kier molecular flexibility index (Phi) is 5.02. The van der Waals surface area contributed by atoms with Crippen LogP contribution in [-0.4, -0.2) is 24.9 Å². The van der Waals surface area contributed by atoms with E-state index in [1.807, 2.05) is 0 Å². The van der Waals surface area contributed by atoms with E-state index in [4.69, 9.17) is 16.3 Å². The van der Waals surface area contributed by atoms with Gasteiger partial charge in [-0.05, 0) is 18.1 Å². The zero-order chi connectivity index (χ0) is 11.3. The lowest BCUT2D eigenvalue weighted by molar-refractivity contribution is 0.109. The van der Waals surface area contributed by atoms with E-state index in [-0.39, 0.29) is 11.4 Å². The first-order valence-electron chi connectivity index (χ1n) is 4.75. The lowest BCUT2D eigenvalue weighted by atomic mass is 10.1. The fourth-order valence-corrected chi connectivity index (χ4v) is 1.51. The van der Waals surface area contributed by atoms with Crippen LogP contribution in [0.2, 0.25) is 5.02 Å². The monoisotopic (exact) mass is 232 g/mol. The molecule has 0 amide bonds. The van der Waals surface area contributed by atoms with Crippen LogP contribution in [0.4, 0.5) is 4.39 Å². The van der Waals surface area contributed by atoms with Crippen LogP contribution >= 0.6 is 11.6 Å². The number of ether oxygens (including phenoxy) is 1. The summed E-state index contributed by atoms with van der Waals surface area (Å²) < 4.78 is 18.2. The number of rotatable bonds is 5. The van der Waals surface area contributed by atoms with Gasteiger partial charge in [0.2, 0.25) is 0 Å². The van der Waals surface area contributed by atoms with Crippen LogP contribution in [0.3, 0.4) is 0 Å². The Hall–Kier alpha value is -0.640. The van der Waals surface area contributed by atoms with Crippen LogP contribution in [-0.2, 0) is 11.2 Å². The summed E-state index contributed by atoms with van der Waals surface area (Å²) >= 11 is 5.62. The summed E-state index contributed by atoms with van der Waals surface area (Å²) in [6.07, 6.45) is 0.149. The molecule has 0 heterocycles. The number of benzene rings is 1. The minimum Gasteiger partial charge on any atom is -0.393 e. The van der Waals surface area contributed by atoms with Crippen molar-refractivity contribution >= 4 is 11.6 Å². The van der Waals surface area contributed by atoms with E-state index in [0.717, 1.165) is 0 Å². The number of aliphatic hydroxyl groups is 1. The summed E-state index contributed by atoms with van der Waals surface area (Å²) in [5.74, 6) is -0.448. The van der Waals surface area contributed by atoms with Gasteiger partial charge in [-0.25, -0.2) is 4.39 Å². The third-order valence-electron chi connectivity index (χ3n) is 2.14. The summed E-state index contributed by atoms with van der Waals surface area (Å²) in [5.41, 5.74) is 0.436. The van der Waals surface area contributed by atoms with Crippen LogP contribution in [0.1, 0.15) is 12.0 Å². The van der Waals surface area contributed by atoms with Crippen molar-refractivity contribution in [2.45, 2.75) is 18.9 Å². The van der Waals surface area contributed by atoms with Gasteiger partial charge in [-0.2, -0.15) is 0 Å². The topological polar surface area (TPSA) is 29.5 Å². The number of aliphatic hydroxyl groups excluding tert-OH is 1. The Morgan fingerprint density at radius 1 is 1.53 bits per heavy atom. The van der Waals surface area contributed by atoms with Crippen LogP contribution in [0, 0.1) is 5.82 Å². The molecule has 4 heteroatoms. The second kappa shape index (κ2) is 6.05. The number of methoxy groups -OCH3 is 1. The van der Waals surface area contributed by atoms with Crippen molar-refractivity contribution in [2.75, 3.05) is 13.7 Å². The molecule has 0 aliphatic heterocycles. The van der Waals surface area contributed by atoms with Crippen molar-refractivity contribution in [3.63, 3.8) is 0 Å². The van der Waals surface area contributed by atoms with Gasteiger partial charge < -0.3 is 9.84 Å². The standard InChI is InChI=1S/C11H14ClFO2/c1-15-6-5-9(14)7-8-3-2-4-10(12)11(8)13/h2-4,9,14H,5-7H2,1H3. The second-order valence-electron chi connectivity index (χ2n) is 3.35. The summed E-state index contributed by atoms with van der Waals surface area (Å²) in [4.78, 5) is 0. The van der Waals surface area contributed by atoms with Gasteiger partial charge in [-0.15, -0.1) is 0 Å². The SMILES string of the molecule is COCCC(O)Cc1cccc(Cl)c1F. The molecular weight excluding hydrogens is 219 g/mol. The third kappa shape index (κ3) is 3.78. The van der Waals surface area contributed by atoms with Gasteiger partial charge in [0.25, 0.3) is 0 Å². The maximum Gasteiger partial charge on any atom is 0.145 e. The molecule has 0 spiro atoms. The highest BCUT2D eigenvalue weighted by Gasteiger charge is 2.11. The van der Waals surface area contributed by atoms with Crippen LogP contribution in [0.25, 0.3) is 0 Å². The third-order valence-corrected chi connectivity index (χ3v) is 2.43. The van der Waals surface area contributed by atoms with Crippen LogP contribution < -0.4 is 0 Å². The molecular formula is C11H14ClFO2.